The minimum atomic E-state index is -5.11. The molecule has 0 unspecified atom stereocenters. The zero-order valence-electron chi connectivity index (χ0n) is 14.2. The second-order valence-electron chi connectivity index (χ2n) is 4.34. The van der Waals surface area contributed by atoms with Gasteiger partial charge in [0.2, 0.25) is 10.3 Å². The van der Waals surface area contributed by atoms with Crippen molar-refractivity contribution in [2.45, 2.75) is 9.79 Å². The van der Waals surface area contributed by atoms with E-state index in [0.29, 0.717) is 6.07 Å². The van der Waals surface area contributed by atoms with Crippen molar-refractivity contribution >= 4 is 47.0 Å². The van der Waals surface area contributed by atoms with Crippen molar-refractivity contribution in [1.29, 1.82) is 0 Å². The monoisotopic (exact) mass is 462 g/mol. The Labute approximate surface area is 221 Å². The summed E-state index contributed by atoms with van der Waals surface area (Å²) in [7, 11) is -15.2. The molecule has 2 rings (SSSR count). The van der Waals surface area contributed by atoms with Crippen LogP contribution in [0.3, 0.4) is 0 Å². The fourth-order valence-electron chi connectivity index (χ4n) is 1.81. The number of fused-ring (bicyclic) bond motifs is 1. The molecule has 0 atom stereocenters. The van der Waals surface area contributed by atoms with Crippen LogP contribution >= 0.6 is 0 Å². The van der Waals surface area contributed by atoms with E-state index in [9.17, 15) is 38.9 Å². The molecule has 11 nitrogen and oxygen atoms in total. The summed E-state index contributed by atoms with van der Waals surface area (Å²) in [5, 5.41) is 2.65. The molecular formula is C10H5N2Na3O9S3. The van der Waals surface area contributed by atoms with E-state index in [-0.39, 0.29) is 105 Å². The first-order chi connectivity index (χ1) is 10.8. The van der Waals surface area contributed by atoms with Crippen LogP contribution in [-0.4, -0.2) is 38.9 Å². The Morgan fingerprint density at radius 1 is 0.741 bits per heavy atom. The minimum absolute atomic E-state index is 0. The molecule has 0 fully saturated rings. The first kappa shape index (κ1) is 30.2. The van der Waals surface area contributed by atoms with Gasteiger partial charge in [0.25, 0.3) is 0 Å². The molecule has 2 aromatic carbocycles. The third-order valence-corrected chi connectivity index (χ3v) is 4.66. The van der Waals surface area contributed by atoms with Crippen molar-refractivity contribution < 1.29 is 128 Å². The maximum Gasteiger partial charge on any atom is 1.00 e. The zero-order valence-corrected chi connectivity index (χ0v) is 22.6. The molecule has 27 heavy (non-hydrogen) atoms. The van der Waals surface area contributed by atoms with Crippen molar-refractivity contribution in [3.05, 3.63) is 30.3 Å². The van der Waals surface area contributed by atoms with Crippen LogP contribution in [0.25, 0.3) is 10.8 Å². The molecule has 0 bridgehead atoms. The smallest absolute Gasteiger partial charge is 0.744 e. The largest absolute Gasteiger partial charge is 1.00 e. The van der Waals surface area contributed by atoms with E-state index in [2.05, 4.69) is 9.63 Å². The summed E-state index contributed by atoms with van der Waals surface area (Å²) in [6, 6.07) is 4.21. The van der Waals surface area contributed by atoms with Gasteiger partial charge in [-0.3, -0.25) is 0 Å². The summed E-state index contributed by atoms with van der Waals surface area (Å²) in [4.78, 5) is -1.93. The topological polar surface area (TPSA) is 196 Å². The van der Waals surface area contributed by atoms with E-state index in [1.54, 1.807) is 0 Å². The molecule has 0 saturated carbocycles. The summed E-state index contributed by atoms with van der Waals surface area (Å²) in [6.45, 7) is 0. The van der Waals surface area contributed by atoms with E-state index in [0.717, 1.165) is 24.3 Å². The van der Waals surface area contributed by atoms with Gasteiger partial charge in [0.15, 0.2) is 0 Å². The summed E-state index contributed by atoms with van der Waals surface area (Å²) in [6.07, 6.45) is 0. The van der Waals surface area contributed by atoms with E-state index < -0.39 is 40.3 Å². The van der Waals surface area contributed by atoms with Gasteiger partial charge in [-0.1, -0.05) is 10.6 Å². The Morgan fingerprint density at radius 3 is 1.74 bits per heavy atom. The molecule has 0 aliphatic rings. The quantitative estimate of drug-likeness (QED) is 0.241. The van der Waals surface area contributed by atoms with Gasteiger partial charge in [0.05, 0.1) is 15.5 Å². The molecule has 0 spiro atoms. The van der Waals surface area contributed by atoms with Crippen molar-refractivity contribution in [2.24, 2.45) is 9.63 Å². The molecule has 0 radical (unpaired) electrons. The fraction of sp³-hybridized carbons (Fsp3) is 0. The first-order valence-electron chi connectivity index (χ1n) is 5.66. The van der Waals surface area contributed by atoms with Gasteiger partial charge in [-0.25, -0.2) is 25.3 Å². The minimum Gasteiger partial charge on any atom is -0.744 e. The van der Waals surface area contributed by atoms with Crippen LogP contribution in [-0.2, 0) is 30.5 Å². The SMILES string of the molecule is O=S(=O)([O-])N=Nc1ccc2c(S(=O)(=O)[O-])cc(S(=O)(=O)[O-])cc2c1.[Na+].[Na+].[Na+]. The molecule has 0 N–H and O–H groups in total. The van der Waals surface area contributed by atoms with Gasteiger partial charge in [0, 0.05) is 0 Å². The van der Waals surface area contributed by atoms with E-state index in [1.807, 2.05) is 0 Å². The van der Waals surface area contributed by atoms with Crippen molar-refractivity contribution in [3.63, 3.8) is 0 Å². The molecule has 0 aliphatic carbocycles. The molecule has 0 saturated heterocycles. The van der Waals surface area contributed by atoms with Gasteiger partial charge in [-0.15, -0.1) is 5.11 Å². The second-order valence-corrected chi connectivity index (χ2v) is 8.09. The van der Waals surface area contributed by atoms with E-state index >= 15 is 0 Å². The summed E-state index contributed by atoms with van der Waals surface area (Å²) < 4.78 is 101. The molecule has 2 aromatic rings. The van der Waals surface area contributed by atoms with Crippen LogP contribution in [0.1, 0.15) is 0 Å². The average molecular weight is 462 g/mol. The number of nitrogens with zero attached hydrogens (tertiary/aromatic N) is 2. The van der Waals surface area contributed by atoms with Crippen LogP contribution < -0.4 is 88.7 Å². The summed E-state index contributed by atoms with van der Waals surface area (Å²) >= 11 is 0. The third-order valence-electron chi connectivity index (χ3n) is 2.69. The van der Waals surface area contributed by atoms with Crippen molar-refractivity contribution in [3.8, 4) is 0 Å². The van der Waals surface area contributed by atoms with Gasteiger partial charge in [0.1, 0.15) is 20.2 Å². The summed E-state index contributed by atoms with van der Waals surface area (Å²) in [5.74, 6) is 0. The molecule has 0 amide bonds. The Morgan fingerprint density at radius 2 is 1.30 bits per heavy atom. The predicted octanol–water partition coefficient (Wildman–Crippen LogP) is -8.80. The number of hydrogen-bond donors (Lipinski definition) is 0. The van der Waals surface area contributed by atoms with Crippen LogP contribution in [0.4, 0.5) is 5.69 Å². The van der Waals surface area contributed by atoms with E-state index in [4.69, 9.17) is 0 Å². The maximum atomic E-state index is 11.3. The van der Waals surface area contributed by atoms with Crippen LogP contribution in [0.5, 0.6) is 0 Å². The van der Waals surface area contributed by atoms with Crippen molar-refractivity contribution in [1.82, 2.24) is 0 Å². The number of benzene rings is 2. The molecule has 0 aliphatic heterocycles. The molecule has 0 aromatic heterocycles. The van der Waals surface area contributed by atoms with Gasteiger partial charge < -0.3 is 13.7 Å². The van der Waals surface area contributed by atoms with E-state index in [1.165, 1.54) is 0 Å². The molecule has 17 heteroatoms. The molecule has 130 valence electrons. The van der Waals surface area contributed by atoms with Crippen LogP contribution in [0, 0.1) is 0 Å². The van der Waals surface area contributed by atoms with Crippen molar-refractivity contribution in [2.75, 3.05) is 0 Å². The maximum absolute atomic E-state index is 11.3. The van der Waals surface area contributed by atoms with Gasteiger partial charge >= 0.3 is 88.7 Å². The predicted molar refractivity (Wildman–Crippen MR) is 74.1 cm³/mol. The average Bonchev–Trinajstić information content (AvgIpc) is 2.40. The Balaban J connectivity index is 0. The van der Waals surface area contributed by atoms with Crippen LogP contribution in [0.15, 0.2) is 49.8 Å². The molecular weight excluding hydrogens is 457 g/mol. The van der Waals surface area contributed by atoms with Gasteiger partial charge in [-0.2, -0.15) is 0 Å². The molecule has 0 heterocycles. The number of hydrogen-bond acceptors (Lipinski definition) is 10. The Bertz CT molecular complexity index is 1180. The third kappa shape index (κ3) is 8.74. The second kappa shape index (κ2) is 10.9. The first-order valence-corrected chi connectivity index (χ1v) is 9.84. The summed E-state index contributed by atoms with van der Waals surface area (Å²) in [5.41, 5.74) is -0.253. The number of rotatable bonds is 4. The fourth-order valence-corrected chi connectivity index (χ4v) is 3.34. The van der Waals surface area contributed by atoms with Gasteiger partial charge in [-0.05, 0) is 35.0 Å². The Hall–Kier alpha value is 1.03. The standard InChI is InChI=1S/C10H8N2O9S3.3Na/c13-22(14,15)8-4-6-3-7(11-12-24(19,20)21)1-2-9(6)10(5-8)23(16,17)18;;;/h1-5H,(H,13,14,15)(H,16,17,18)(H,19,20,21);;;/q;3*+1/p-3. The van der Waals surface area contributed by atoms with Crippen LogP contribution in [0.2, 0.25) is 0 Å². The normalized spacial score (nSPS) is 12.1. The Kier molecular flexibility index (Phi) is 12.2. The zero-order chi connectivity index (χ0) is 18.3.